The van der Waals surface area contributed by atoms with Crippen molar-refractivity contribution >= 4 is 23.2 Å². The summed E-state index contributed by atoms with van der Waals surface area (Å²) in [6, 6.07) is 5.93. The molecule has 0 spiro atoms. The van der Waals surface area contributed by atoms with Crippen molar-refractivity contribution in [3.63, 3.8) is 0 Å². The molecule has 0 saturated carbocycles. The Morgan fingerprint density at radius 2 is 1.91 bits per heavy atom. The molecule has 23 heavy (non-hydrogen) atoms. The third-order valence-corrected chi connectivity index (χ3v) is 3.17. The maximum absolute atomic E-state index is 12.2. The lowest BCUT2D eigenvalue weighted by molar-refractivity contribution is -0.128. The molecule has 8 nitrogen and oxygen atoms in total. The molecule has 1 unspecified atom stereocenters. The van der Waals surface area contributed by atoms with Crippen LogP contribution in [0.2, 0.25) is 0 Å². The maximum Gasteiger partial charge on any atom is 0.234 e. The smallest absolute Gasteiger partial charge is 0.234 e. The van der Waals surface area contributed by atoms with E-state index >= 15 is 0 Å². The fourth-order valence-electron chi connectivity index (χ4n) is 1.96. The van der Waals surface area contributed by atoms with Gasteiger partial charge in [0.15, 0.2) is 5.78 Å². The first-order chi connectivity index (χ1) is 11.0. The van der Waals surface area contributed by atoms with E-state index in [-0.39, 0.29) is 37.4 Å². The summed E-state index contributed by atoms with van der Waals surface area (Å²) in [5.41, 5.74) is 14.9. The normalized spacial score (nSPS) is 11.2. The van der Waals surface area contributed by atoms with Crippen LogP contribution in [0.15, 0.2) is 29.4 Å². The van der Waals surface area contributed by atoms with Gasteiger partial charge in [0.05, 0.1) is 12.6 Å². The van der Waals surface area contributed by atoms with E-state index in [0.29, 0.717) is 5.69 Å². The van der Waals surface area contributed by atoms with Crippen LogP contribution in [-0.2, 0) is 20.8 Å². The number of ketones is 2. The van der Waals surface area contributed by atoms with Crippen molar-refractivity contribution in [1.82, 2.24) is 5.32 Å². The summed E-state index contributed by atoms with van der Waals surface area (Å²) >= 11 is 0. The van der Waals surface area contributed by atoms with E-state index < -0.39 is 11.9 Å². The molecule has 3 N–H and O–H groups in total. The number of nitrogens with one attached hydrogen (secondary N) is 1. The van der Waals surface area contributed by atoms with Crippen LogP contribution < -0.4 is 11.1 Å². The van der Waals surface area contributed by atoms with E-state index in [1.807, 2.05) is 0 Å². The number of nitrogens with zero attached hydrogens (tertiary/aromatic N) is 3. The van der Waals surface area contributed by atoms with Crippen molar-refractivity contribution in [3.05, 3.63) is 40.3 Å². The highest BCUT2D eigenvalue weighted by Gasteiger charge is 2.20. The Bertz CT molecular complexity index is 621. The summed E-state index contributed by atoms with van der Waals surface area (Å²) in [5, 5.41) is 6.03. The first-order valence-corrected chi connectivity index (χ1v) is 7.12. The van der Waals surface area contributed by atoms with Gasteiger partial charge in [-0.2, -0.15) is 0 Å². The van der Waals surface area contributed by atoms with Crippen molar-refractivity contribution < 1.29 is 14.4 Å². The van der Waals surface area contributed by atoms with Gasteiger partial charge < -0.3 is 15.8 Å². The Hall–Kier alpha value is -2.70. The van der Waals surface area contributed by atoms with Crippen LogP contribution in [0.3, 0.4) is 0 Å². The van der Waals surface area contributed by atoms with Crippen LogP contribution in [0, 0.1) is 0 Å². The summed E-state index contributed by atoms with van der Waals surface area (Å²) in [7, 11) is 0. The number of hydrogen-bond donors (Lipinski definition) is 2. The Morgan fingerprint density at radius 3 is 2.43 bits per heavy atom. The van der Waals surface area contributed by atoms with Gasteiger partial charge in [0, 0.05) is 23.4 Å². The van der Waals surface area contributed by atoms with Crippen molar-refractivity contribution in [1.29, 1.82) is 0 Å². The van der Waals surface area contributed by atoms with Gasteiger partial charge in [-0.3, -0.25) is 9.59 Å². The second-order valence-electron chi connectivity index (χ2n) is 5.05. The number of azide groups is 1. The molecule has 1 aromatic rings. The Balaban J connectivity index is 2.82. The molecular weight excluding hydrogens is 298 g/mol. The van der Waals surface area contributed by atoms with Crippen molar-refractivity contribution in [3.8, 4) is 0 Å². The Kier molecular flexibility index (Phi) is 7.45. The quantitative estimate of drug-likeness (QED) is 0.405. The number of nitrogens with two attached hydrogens (primary N) is 1. The minimum absolute atomic E-state index is 0.0711. The predicted octanol–water partition coefficient (Wildman–Crippen LogP) is 1.55. The zero-order valence-corrected chi connectivity index (χ0v) is 12.9. The largest absolute Gasteiger partial charge is 0.345 e. The topological polar surface area (TPSA) is 138 Å². The molecular formula is C15H19N5O3. The molecule has 0 saturated heterocycles. The second kappa shape index (κ2) is 9.34. The molecule has 1 aromatic carbocycles. The van der Waals surface area contributed by atoms with Gasteiger partial charge in [-0.25, -0.2) is 0 Å². The Morgan fingerprint density at radius 1 is 1.26 bits per heavy atom. The number of hydrogen-bond acceptors (Lipinski definition) is 5. The van der Waals surface area contributed by atoms with Crippen LogP contribution in [0.4, 0.5) is 5.69 Å². The number of benzene rings is 1. The maximum atomic E-state index is 12.2. The number of carbonyl (C=O) groups excluding carboxylic acids is 3. The third-order valence-electron chi connectivity index (χ3n) is 3.17. The van der Waals surface area contributed by atoms with Gasteiger partial charge in [-0.15, -0.1) is 0 Å². The number of rotatable bonds is 9. The highest BCUT2D eigenvalue weighted by molar-refractivity contribution is 5.92. The highest BCUT2D eigenvalue weighted by Crippen LogP contribution is 2.15. The Labute approximate surface area is 133 Å². The van der Waals surface area contributed by atoms with Gasteiger partial charge >= 0.3 is 0 Å². The van der Waals surface area contributed by atoms with E-state index in [0.717, 1.165) is 5.56 Å². The molecule has 0 aliphatic rings. The molecule has 0 aromatic heterocycles. The average molecular weight is 317 g/mol. The molecule has 8 heteroatoms. The fourth-order valence-corrected chi connectivity index (χ4v) is 1.96. The average Bonchev–Trinajstić information content (AvgIpc) is 2.53. The van der Waals surface area contributed by atoms with Crippen LogP contribution in [0.5, 0.6) is 0 Å². The summed E-state index contributed by atoms with van der Waals surface area (Å²) in [4.78, 5) is 37.4. The molecule has 0 bridgehead atoms. The van der Waals surface area contributed by atoms with E-state index in [2.05, 4.69) is 15.3 Å². The van der Waals surface area contributed by atoms with Gasteiger partial charge in [-0.05, 0) is 24.4 Å². The third kappa shape index (κ3) is 6.73. The summed E-state index contributed by atoms with van der Waals surface area (Å²) in [6.45, 7) is 1.20. The van der Waals surface area contributed by atoms with E-state index in [4.69, 9.17) is 11.3 Å². The predicted molar refractivity (Wildman–Crippen MR) is 84.9 cm³/mol. The van der Waals surface area contributed by atoms with Gasteiger partial charge in [0.25, 0.3) is 0 Å². The van der Waals surface area contributed by atoms with Crippen LogP contribution >= 0.6 is 0 Å². The van der Waals surface area contributed by atoms with Crippen molar-refractivity contribution in [2.24, 2.45) is 10.8 Å². The monoisotopic (exact) mass is 317 g/mol. The SMILES string of the molecule is CC(=O)CCC(=O)C(Cc1ccc(N=[N+]=[N-])cc1)NC(=O)CN. The van der Waals surface area contributed by atoms with Crippen molar-refractivity contribution in [2.45, 2.75) is 32.2 Å². The molecule has 0 fully saturated rings. The van der Waals surface area contributed by atoms with Gasteiger partial charge in [-0.1, -0.05) is 29.4 Å². The fraction of sp³-hybridized carbons (Fsp3) is 0.400. The van der Waals surface area contributed by atoms with E-state index in [1.54, 1.807) is 24.3 Å². The lowest BCUT2D eigenvalue weighted by Crippen LogP contribution is -2.45. The minimum atomic E-state index is -0.740. The molecule has 1 rings (SSSR count). The summed E-state index contributed by atoms with van der Waals surface area (Å²) < 4.78 is 0. The lowest BCUT2D eigenvalue weighted by Gasteiger charge is -2.17. The molecule has 0 aliphatic carbocycles. The van der Waals surface area contributed by atoms with Gasteiger partial charge in [0.1, 0.15) is 5.78 Å². The number of carbonyl (C=O) groups is 3. The van der Waals surface area contributed by atoms with E-state index in [1.165, 1.54) is 6.92 Å². The number of Topliss-reactive ketones (excluding diaryl/α,β-unsaturated/α-hetero) is 2. The van der Waals surface area contributed by atoms with Crippen LogP contribution in [0.25, 0.3) is 10.4 Å². The zero-order valence-electron chi connectivity index (χ0n) is 12.9. The second-order valence-corrected chi connectivity index (χ2v) is 5.05. The molecule has 1 amide bonds. The first kappa shape index (κ1) is 18.3. The van der Waals surface area contributed by atoms with Crippen LogP contribution in [-0.4, -0.2) is 30.1 Å². The van der Waals surface area contributed by atoms with Crippen molar-refractivity contribution in [2.75, 3.05) is 6.54 Å². The molecule has 0 aliphatic heterocycles. The van der Waals surface area contributed by atoms with Crippen LogP contribution in [0.1, 0.15) is 25.3 Å². The molecule has 122 valence electrons. The zero-order chi connectivity index (χ0) is 17.2. The first-order valence-electron chi connectivity index (χ1n) is 7.12. The van der Waals surface area contributed by atoms with Gasteiger partial charge in [0.2, 0.25) is 5.91 Å². The van der Waals surface area contributed by atoms with E-state index in [9.17, 15) is 14.4 Å². The molecule has 0 heterocycles. The highest BCUT2D eigenvalue weighted by atomic mass is 16.2. The standard InChI is InChI=1S/C15H19N5O3/c1-10(21)2-7-14(22)13(18-15(23)9-16)8-11-3-5-12(6-4-11)19-20-17/h3-6,13H,2,7-9,16H2,1H3,(H,18,23). The lowest BCUT2D eigenvalue weighted by atomic mass is 9.98. The minimum Gasteiger partial charge on any atom is -0.345 e. The molecule has 0 radical (unpaired) electrons. The summed E-state index contributed by atoms with van der Waals surface area (Å²) in [6.07, 6.45) is 0.490. The molecule has 1 atom stereocenters. The summed E-state index contributed by atoms with van der Waals surface area (Å²) in [5.74, 6) is -0.737. The number of amides is 1.